The van der Waals surface area contributed by atoms with Gasteiger partial charge in [-0.1, -0.05) is 90.3 Å². The highest BCUT2D eigenvalue weighted by atomic mass is 35.5. The molecule has 2 heterocycles. The molecule has 0 saturated carbocycles. The van der Waals surface area contributed by atoms with Crippen LogP contribution in [0.5, 0.6) is 11.5 Å². The van der Waals surface area contributed by atoms with Crippen molar-refractivity contribution in [3.63, 3.8) is 0 Å². The van der Waals surface area contributed by atoms with Crippen LogP contribution in [0.3, 0.4) is 0 Å². The number of halogens is 3. The molecule has 0 spiro atoms. The molecule has 0 aliphatic carbocycles. The molecule has 1 aliphatic rings. The average molecular weight is 686 g/mol. The van der Waals surface area contributed by atoms with Crippen molar-refractivity contribution in [1.29, 1.82) is 0 Å². The number of thiazole rings is 1. The molecule has 4 aromatic rings. The van der Waals surface area contributed by atoms with Gasteiger partial charge < -0.3 is 14.2 Å². The number of fused-ring (bicyclic) bond motifs is 1. The van der Waals surface area contributed by atoms with Crippen LogP contribution < -0.4 is 24.4 Å². The number of allylic oxidation sites excluding steroid dienone is 1. The second kappa shape index (κ2) is 13.8. The van der Waals surface area contributed by atoms with Crippen molar-refractivity contribution >= 4 is 58.2 Å². The fraction of sp³-hybridized carbons (Fsp3) is 0.265. The molecule has 0 bridgehead atoms. The topological polar surface area (TPSA) is 79.1 Å². The molecular formula is C34H31Cl3N2O5S. The first-order valence-electron chi connectivity index (χ1n) is 14.3. The molecule has 45 heavy (non-hydrogen) atoms. The summed E-state index contributed by atoms with van der Waals surface area (Å²) in [5.41, 5.74) is 3.84. The van der Waals surface area contributed by atoms with E-state index in [4.69, 9.17) is 49.0 Å². The Kier molecular flexibility index (Phi) is 10.1. The van der Waals surface area contributed by atoms with Crippen molar-refractivity contribution in [3.8, 4) is 11.5 Å². The van der Waals surface area contributed by atoms with Gasteiger partial charge in [-0.25, -0.2) is 9.79 Å². The zero-order chi connectivity index (χ0) is 32.4. The van der Waals surface area contributed by atoms with E-state index in [2.05, 4.69) is 18.8 Å². The van der Waals surface area contributed by atoms with E-state index in [1.807, 2.05) is 24.3 Å². The van der Waals surface area contributed by atoms with E-state index in [1.54, 1.807) is 54.8 Å². The van der Waals surface area contributed by atoms with Gasteiger partial charge in [0.25, 0.3) is 5.56 Å². The molecule has 0 amide bonds. The van der Waals surface area contributed by atoms with Crippen LogP contribution in [0.25, 0.3) is 6.08 Å². The van der Waals surface area contributed by atoms with Gasteiger partial charge >= 0.3 is 5.97 Å². The summed E-state index contributed by atoms with van der Waals surface area (Å²) in [4.78, 5) is 32.4. The summed E-state index contributed by atoms with van der Waals surface area (Å²) < 4.78 is 19.0. The summed E-state index contributed by atoms with van der Waals surface area (Å²) in [6.45, 7) is 8.08. The molecule has 1 aromatic heterocycles. The van der Waals surface area contributed by atoms with Gasteiger partial charge in [0, 0.05) is 15.6 Å². The second-order valence-corrected chi connectivity index (χ2v) is 12.9. The van der Waals surface area contributed by atoms with E-state index < -0.39 is 12.0 Å². The number of aromatic nitrogens is 1. The highest BCUT2D eigenvalue weighted by Crippen LogP contribution is 2.38. The lowest BCUT2D eigenvalue weighted by Gasteiger charge is -2.25. The number of methoxy groups -OCH3 is 1. The van der Waals surface area contributed by atoms with Crippen LogP contribution in [0, 0.1) is 0 Å². The molecule has 7 nitrogen and oxygen atoms in total. The molecule has 0 radical (unpaired) electrons. The van der Waals surface area contributed by atoms with Crippen LogP contribution in [-0.2, 0) is 16.1 Å². The highest BCUT2D eigenvalue weighted by Gasteiger charge is 2.33. The number of rotatable bonds is 9. The van der Waals surface area contributed by atoms with Crippen molar-refractivity contribution in [1.82, 2.24) is 4.57 Å². The minimum Gasteiger partial charge on any atom is -0.493 e. The van der Waals surface area contributed by atoms with E-state index in [1.165, 1.54) is 18.4 Å². The SMILES string of the molecule is CCOC(=O)C1=C(C)N=c2s/c(=C/c3cc(Cl)c(OCc4ccc(Cl)cc4Cl)c(OC)c3)c(=O)n2[C@H]1c1ccc(C(C)C)cc1. The highest BCUT2D eigenvalue weighted by molar-refractivity contribution is 7.07. The lowest BCUT2D eigenvalue weighted by atomic mass is 9.93. The number of nitrogens with zero attached hydrogens (tertiary/aromatic N) is 2. The molecule has 1 atom stereocenters. The lowest BCUT2D eigenvalue weighted by molar-refractivity contribution is -0.139. The number of hydrogen-bond acceptors (Lipinski definition) is 7. The Morgan fingerprint density at radius 1 is 1.07 bits per heavy atom. The van der Waals surface area contributed by atoms with Gasteiger partial charge in [0.2, 0.25) is 0 Å². The average Bonchev–Trinajstić information content (AvgIpc) is 3.30. The Morgan fingerprint density at radius 3 is 2.44 bits per heavy atom. The first-order valence-corrected chi connectivity index (χ1v) is 16.2. The summed E-state index contributed by atoms with van der Waals surface area (Å²) in [5.74, 6) is 0.551. The predicted molar refractivity (Wildman–Crippen MR) is 180 cm³/mol. The first-order chi connectivity index (χ1) is 21.5. The van der Waals surface area contributed by atoms with Gasteiger partial charge in [-0.15, -0.1) is 0 Å². The monoisotopic (exact) mass is 684 g/mol. The lowest BCUT2D eigenvalue weighted by Crippen LogP contribution is -2.39. The largest absolute Gasteiger partial charge is 0.493 e. The van der Waals surface area contributed by atoms with Crippen LogP contribution in [0.4, 0.5) is 0 Å². The third kappa shape index (κ3) is 6.84. The maximum absolute atomic E-state index is 14.0. The number of carbonyl (C=O) groups is 1. The molecule has 5 rings (SSSR count). The van der Waals surface area contributed by atoms with Crippen molar-refractivity contribution in [2.75, 3.05) is 13.7 Å². The predicted octanol–water partition coefficient (Wildman–Crippen LogP) is 7.47. The van der Waals surface area contributed by atoms with Crippen LogP contribution in [0.15, 0.2) is 75.7 Å². The Bertz CT molecular complexity index is 1980. The van der Waals surface area contributed by atoms with Gasteiger partial charge in [-0.3, -0.25) is 9.36 Å². The molecule has 0 N–H and O–H groups in total. The standard InChI is InChI=1S/C34H31Cl3N2O5S/c1-6-43-33(41)29-19(4)38-34-39(30(29)22-9-7-21(8-10-22)18(2)3)32(40)28(45-34)15-20-13-26(37)31(27(14-20)42-5)44-17-23-11-12-24(35)16-25(23)36/h7-16,18,30H,6,17H2,1-5H3/b28-15+/t30-/m0/s1. The fourth-order valence-corrected chi connectivity index (χ4v) is 6.86. The fourth-order valence-electron chi connectivity index (χ4n) is 5.07. The molecule has 3 aromatic carbocycles. The van der Waals surface area contributed by atoms with Gasteiger partial charge in [0.05, 0.1) is 40.6 Å². The van der Waals surface area contributed by atoms with E-state index in [0.29, 0.717) is 58.7 Å². The number of ether oxygens (including phenoxy) is 3. The minimum atomic E-state index is -0.697. The van der Waals surface area contributed by atoms with E-state index in [9.17, 15) is 9.59 Å². The van der Waals surface area contributed by atoms with Crippen molar-refractivity contribution in [3.05, 3.63) is 123 Å². The molecule has 234 valence electrons. The number of esters is 1. The second-order valence-electron chi connectivity index (χ2n) is 10.7. The van der Waals surface area contributed by atoms with Crippen molar-refractivity contribution in [2.24, 2.45) is 4.99 Å². The zero-order valence-corrected chi connectivity index (χ0v) is 28.4. The Morgan fingerprint density at radius 2 is 1.80 bits per heavy atom. The zero-order valence-electron chi connectivity index (χ0n) is 25.3. The Hall–Kier alpha value is -3.56. The third-order valence-corrected chi connectivity index (χ3v) is 9.22. The van der Waals surface area contributed by atoms with Gasteiger partial charge in [0.15, 0.2) is 16.3 Å². The molecule has 0 fully saturated rings. The van der Waals surface area contributed by atoms with Crippen LogP contribution in [-0.4, -0.2) is 24.3 Å². The van der Waals surface area contributed by atoms with E-state index in [-0.39, 0.29) is 18.8 Å². The first kappa shape index (κ1) is 32.8. The summed E-state index contributed by atoms with van der Waals surface area (Å²) in [7, 11) is 1.51. The third-order valence-electron chi connectivity index (χ3n) is 7.37. The Labute approximate surface area is 280 Å². The molecule has 11 heteroatoms. The smallest absolute Gasteiger partial charge is 0.338 e. The van der Waals surface area contributed by atoms with Gasteiger partial charge in [-0.05, 0) is 66.8 Å². The molecule has 1 aliphatic heterocycles. The molecule has 0 unspecified atom stereocenters. The summed E-state index contributed by atoms with van der Waals surface area (Å²) in [6, 6.07) is 15.8. The molecule has 0 saturated heterocycles. The molecular weight excluding hydrogens is 655 g/mol. The normalized spacial score (nSPS) is 14.8. The summed E-state index contributed by atoms with van der Waals surface area (Å²) in [6.07, 6.45) is 1.72. The summed E-state index contributed by atoms with van der Waals surface area (Å²) >= 11 is 20.2. The Balaban J connectivity index is 1.57. The van der Waals surface area contributed by atoms with E-state index in [0.717, 1.165) is 16.7 Å². The maximum atomic E-state index is 14.0. The van der Waals surface area contributed by atoms with Crippen LogP contribution >= 0.6 is 46.1 Å². The number of carbonyl (C=O) groups excluding carboxylic acids is 1. The van der Waals surface area contributed by atoms with Crippen molar-refractivity contribution in [2.45, 2.75) is 46.3 Å². The van der Waals surface area contributed by atoms with Crippen molar-refractivity contribution < 1.29 is 19.0 Å². The number of hydrogen-bond donors (Lipinski definition) is 0. The van der Waals surface area contributed by atoms with E-state index >= 15 is 0 Å². The van der Waals surface area contributed by atoms with Gasteiger partial charge in [-0.2, -0.15) is 0 Å². The van der Waals surface area contributed by atoms with Crippen LogP contribution in [0.1, 0.15) is 61.9 Å². The van der Waals surface area contributed by atoms with Gasteiger partial charge in [0.1, 0.15) is 6.61 Å². The summed E-state index contributed by atoms with van der Waals surface area (Å²) in [5, 5.41) is 1.29. The number of benzene rings is 3. The van der Waals surface area contributed by atoms with Crippen LogP contribution in [0.2, 0.25) is 15.1 Å². The maximum Gasteiger partial charge on any atom is 0.338 e. The quantitative estimate of drug-likeness (QED) is 0.171. The minimum absolute atomic E-state index is 0.143.